The predicted molar refractivity (Wildman–Crippen MR) is 75.0 cm³/mol. The third kappa shape index (κ3) is 3.87. The van der Waals surface area contributed by atoms with Crippen LogP contribution in [0.4, 0.5) is 0 Å². The second-order valence-corrected chi connectivity index (χ2v) is 5.10. The quantitative estimate of drug-likeness (QED) is 0.876. The molecule has 0 bridgehead atoms. The summed E-state index contributed by atoms with van der Waals surface area (Å²) in [5.41, 5.74) is 2.60. The summed E-state index contributed by atoms with van der Waals surface area (Å²) in [6, 6.07) is 5.62. The van der Waals surface area contributed by atoms with E-state index in [4.69, 9.17) is 0 Å². The number of carbonyl (C=O) groups excluding carboxylic acids is 1. The number of aliphatic hydroxyl groups is 1. The van der Waals surface area contributed by atoms with E-state index in [0.717, 1.165) is 16.8 Å². The molecule has 1 atom stereocenters. The maximum Gasteiger partial charge on any atom is 0.226 e. The largest absolute Gasteiger partial charge is 0.387 e. The highest BCUT2D eigenvalue weighted by Crippen LogP contribution is 2.15. The molecule has 5 heteroatoms. The summed E-state index contributed by atoms with van der Waals surface area (Å²) < 4.78 is 0. The number of amides is 1. The van der Waals surface area contributed by atoms with Gasteiger partial charge in [-0.3, -0.25) is 9.78 Å². The van der Waals surface area contributed by atoms with Gasteiger partial charge >= 0.3 is 0 Å². The number of rotatable bonds is 5. The van der Waals surface area contributed by atoms with Gasteiger partial charge in [0, 0.05) is 12.7 Å². The summed E-state index contributed by atoms with van der Waals surface area (Å²) in [6.07, 6.45) is 1.26. The lowest BCUT2D eigenvalue weighted by atomic mass is 10.1. The van der Waals surface area contributed by atoms with Crippen LogP contribution in [0.5, 0.6) is 0 Å². The molecule has 2 rings (SSSR count). The van der Waals surface area contributed by atoms with Gasteiger partial charge in [0.1, 0.15) is 0 Å². The lowest BCUT2D eigenvalue weighted by molar-refractivity contribution is -0.121. The Morgan fingerprint density at radius 1 is 1.53 bits per heavy atom. The van der Waals surface area contributed by atoms with E-state index in [1.54, 1.807) is 6.20 Å². The topological polar surface area (TPSA) is 62.2 Å². The second kappa shape index (κ2) is 6.45. The molecule has 19 heavy (non-hydrogen) atoms. The van der Waals surface area contributed by atoms with Crippen LogP contribution in [0.3, 0.4) is 0 Å². The molecule has 2 aromatic rings. The van der Waals surface area contributed by atoms with E-state index in [1.165, 1.54) is 11.3 Å². The Labute approximate surface area is 116 Å². The van der Waals surface area contributed by atoms with Gasteiger partial charge in [0.05, 0.1) is 18.2 Å². The van der Waals surface area contributed by atoms with Gasteiger partial charge in [-0.15, -0.1) is 0 Å². The summed E-state index contributed by atoms with van der Waals surface area (Å²) in [7, 11) is 0. The van der Waals surface area contributed by atoms with E-state index >= 15 is 0 Å². The van der Waals surface area contributed by atoms with E-state index in [-0.39, 0.29) is 18.9 Å². The van der Waals surface area contributed by atoms with E-state index < -0.39 is 6.10 Å². The van der Waals surface area contributed by atoms with Crippen molar-refractivity contribution in [2.24, 2.45) is 0 Å². The van der Waals surface area contributed by atoms with E-state index in [1.807, 2.05) is 35.9 Å². The first-order valence-electron chi connectivity index (χ1n) is 6.04. The van der Waals surface area contributed by atoms with Gasteiger partial charge in [-0.2, -0.15) is 11.3 Å². The van der Waals surface area contributed by atoms with Gasteiger partial charge in [-0.05, 0) is 40.9 Å². The molecule has 0 fully saturated rings. The predicted octanol–water partition coefficient (Wildman–Crippen LogP) is 1.84. The number of nitrogens with zero attached hydrogens (tertiary/aromatic N) is 1. The van der Waals surface area contributed by atoms with Crippen LogP contribution in [0.25, 0.3) is 0 Å². The minimum atomic E-state index is -0.653. The van der Waals surface area contributed by atoms with Crippen LogP contribution in [0, 0.1) is 6.92 Å². The normalized spacial score (nSPS) is 12.1. The number of hydrogen-bond acceptors (Lipinski definition) is 4. The lowest BCUT2D eigenvalue weighted by Gasteiger charge is -2.11. The fourth-order valence-electron chi connectivity index (χ4n) is 1.71. The summed E-state index contributed by atoms with van der Waals surface area (Å²) in [5.74, 6) is -0.129. The monoisotopic (exact) mass is 276 g/mol. The van der Waals surface area contributed by atoms with Crippen molar-refractivity contribution < 1.29 is 9.90 Å². The maximum absolute atomic E-state index is 11.8. The van der Waals surface area contributed by atoms with Crippen LogP contribution in [-0.4, -0.2) is 22.5 Å². The van der Waals surface area contributed by atoms with Gasteiger partial charge in [-0.25, -0.2) is 0 Å². The number of thiophene rings is 1. The zero-order valence-corrected chi connectivity index (χ0v) is 11.5. The van der Waals surface area contributed by atoms with Gasteiger partial charge in [0.2, 0.25) is 5.91 Å². The van der Waals surface area contributed by atoms with Crippen LogP contribution in [0.15, 0.2) is 35.2 Å². The SMILES string of the molecule is Cc1cccnc1CC(=O)NCC(O)c1ccsc1. The molecule has 2 aromatic heterocycles. The Morgan fingerprint density at radius 3 is 3.05 bits per heavy atom. The lowest BCUT2D eigenvalue weighted by Crippen LogP contribution is -2.30. The summed E-state index contributed by atoms with van der Waals surface area (Å²) in [4.78, 5) is 16.0. The highest BCUT2D eigenvalue weighted by atomic mass is 32.1. The van der Waals surface area contributed by atoms with Gasteiger partial charge in [0.15, 0.2) is 0 Å². The number of nitrogens with one attached hydrogen (secondary N) is 1. The third-order valence-electron chi connectivity index (χ3n) is 2.87. The molecule has 2 N–H and O–H groups in total. The number of hydrogen-bond donors (Lipinski definition) is 2. The summed E-state index contributed by atoms with van der Waals surface area (Å²) in [6.45, 7) is 2.15. The maximum atomic E-state index is 11.8. The van der Waals surface area contributed by atoms with E-state index in [9.17, 15) is 9.90 Å². The first-order chi connectivity index (χ1) is 9.16. The zero-order chi connectivity index (χ0) is 13.7. The third-order valence-corrected chi connectivity index (χ3v) is 3.57. The molecule has 0 aliphatic rings. The van der Waals surface area contributed by atoms with Crippen molar-refractivity contribution in [2.75, 3.05) is 6.54 Å². The standard InChI is InChI=1S/C14H16N2O2S/c1-10-3-2-5-15-12(10)7-14(18)16-8-13(17)11-4-6-19-9-11/h2-6,9,13,17H,7-8H2,1H3,(H,16,18). The smallest absolute Gasteiger partial charge is 0.226 e. The van der Waals surface area contributed by atoms with Crippen molar-refractivity contribution >= 4 is 17.2 Å². The van der Waals surface area contributed by atoms with E-state index in [0.29, 0.717) is 0 Å². The summed E-state index contributed by atoms with van der Waals surface area (Å²) in [5, 5.41) is 16.4. The molecular weight excluding hydrogens is 260 g/mol. The van der Waals surface area contributed by atoms with Crippen molar-refractivity contribution in [1.29, 1.82) is 0 Å². The minimum absolute atomic E-state index is 0.129. The molecule has 0 aliphatic carbocycles. The molecule has 0 saturated heterocycles. The first-order valence-corrected chi connectivity index (χ1v) is 6.98. The first kappa shape index (κ1) is 13.7. The Morgan fingerprint density at radius 2 is 2.37 bits per heavy atom. The average molecular weight is 276 g/mol. The average Bonchev–Trinajstić information content (AvgIpc) is 2.93. The highest BCUT2D eigenvalue weighted by Gasteiger charge is 2.11. The molecular formula is C14H16N2O2S. The number of aliphatic hydroxyl groups excluding tert-OH is 1. The zero-order valence-electron chi connectivity index (χ0n) is 10.7. The Bertz CT molecular complexity index is 540. The van der Waals surface area contributed by atoms with Crippen molar-refractivity contribution in [2.45, 2.75) is 19.4 Å². The molecule has 0 spiro atoms. The Balaban J connectivity index is 1.84. The van der Waals surface area contributed by atoms with Gasteiger partial charge < -0.3 is 10.4 Å². The van der Waals surface area contributed by atoms with Crippen LogP contribution in [-0.2, 0) is 11.2 Å². The molecule has 0 aromatic carbocycles. The van der Waals surface area contributed by atoms with Crippen LogP contribution in [0.1, 0.15) is 22.9 Å². The minimum Gasteiger partial charge on any atom is -0.387 e. The number of aryl methyl sites for hydroxylation is 1. The number of aromatic nitrogens is 1. The number of carbonyl (C=O) groups is 1. The van der Waals surface area contributed by atoms with Crippen LogP contribution in [0.2, 0.25) is 0 Å². The highest BCUT2D eigenvalue weighted by molar-refractivity contribution is 7.07. The van der Waals surface area contributed by atoms with Crippen LogP contribution >= 0.6 is 11.3 Å². The molecule has 0 aliphatic heterocycles. The molecule has 0 saturated carbocycles. The molecule has 1 amide bonds. The molecule has 0 radical (unpaired) electrons. The Hall–Kier alpha value is -1.72. The van der Waals surface area contributed by atoms with Gasteiger partial charge in [0.25, 0.3) is 0 Å². The van der Waals surface area contributed by atoms with Crippen molar-refractivity contribution in [3.8, 4) is 0 Å². The van der Waals surface area contributed by atoms with Crippen LogP contribution < -0.4 is 5.32 Å². The summed E-state index contributed by atoms with van der Waals surface area (Å²) >= 11 is 1.52. The van der Waals surface area contributed by atoms with Crippen molar-refractivity contribution in [1.82, 2.24) is 10.3 Å². The Kier molecular flexibility index (Phi) is 4.65. The molecule has 100 valence electrons. The fourth-order valence-corrected chi connectivity index (χ4v) is 2.42. The fraction of sp³-hybridized carbons (Fsp3) is 0.286. The second-order valence-electron chi connectivity index (χ2n) is 4.32. The number of pyridine rings is 1. The molecule has 2 heterocycles. The van der Waals surface area contributed by atoms with Crippen molar-refractivity contribution in [3.63, 3.8) is 0 Å². The molecule has 4 nitrogen and oxygen atoms in total. The van der Waals surface area contributed by atoms with Gasteiger partial charge in [-0.1, -0.05) is 6.07 Å². The molecule has 1 unspecified atom stereocenters. The van der Waals surface area contributed by atoms with E-state index in [2.05, 4.69) is 10.3 Å². The van der Waals surface area contributed by atoms with Crippen molar-refractivity contribution in [3.05, 3.63) is 52.0 Å².